The summed E-state index contributed by atoms with van der Waals surface area (Å²) >= 11 is 0. The molecule has 0 aliphatic heterocycles. The van der Waals surface area contributed by atoms with Crippen LogP contribution in [-0.4, -0.2) is 15.8 Å². The number of benzene rings is 1. The SMILES string of the molecule is CC(=O)c1ccc(-c2ccnc(C)n2)c(N)c1. The molecule has 0 fully saturated rings. The van der Waals surface area contributed by atoms with E-state index < -0.39 is 0 Å². The number of aromatic nitrogens is 2. The number of hydrogen-bond donors (Lipinski definition) is 1. The smallest absolute Gasteiger partial charge is 0.159 e. The largest absolute Gasteiger partial charge is 0.398 e. The van der Waals surface area contributed by atoms with Crippen LogP contribution in [0.3, 0.4) is 0 Å². The number of carbonyl (C=O) groups is 1. The van der Waals surface area contributed by atoms with Crippen molar-refractivity contribution in [1.82, 2.24) is 9.97 Å². The maximum Gasteiger partial charge on any atom is 0.159 e. The summed E-state index contributed by atoms with van der Waals surface area (Å²) in [5.41, 5.74) is 8.68. The number of aryl methyl sites for hydroxylation is 1. The second kappa shape index (κ2) is 4.33. The highest BCUT2D eigenvalue weighted by atomic mass is 16.1. The fraction of sp³-hybridized carbons (Fsp3) is 0.154. The van der Waals surface area contributed by atoms with Gasteiger partial charge in [0.1, 0.15) is 5.82 Å². The van der Waals surface area contributed by atoms with Gasteiger partial charge in [-0.15, -0.1) is 0 Å². The van der Waals surface area contributed by atoms with Gasteiger partial charge in [0.15, 0.2) is 5.78 Å². The van der Waals surface area contributed by atoms with Gasteiger partial charge in [0.05, 0.1) is 5.69 Å². The molecule has 1 heterocycles. The zero-order valence-corrected chi connectivity index (χ0v) is 9.77. The number of ketones is 1. The van der Waals surface area contributed by atoms with Crippen LogP contribution >= 0.6 is 0 Å². The summed E-state index contributed by atoms with van der Waals surface area (Å²) in [7, 11) is 0. The molecule has 4 nitrogen and oxygen atoms in total. The Bertz CT molecular complexity index is 579. The summed E-state index contributed by atoms with van der Waals surface area (Å²) in [4.78, 5) is 19.6. The van der Waals surface area contributed by atoms with Crippen LogP contribution in [0.2, 0.25) is 0 Å². The van der Waals surface area contributed by atoms with Gasteiger partial charge in [0, 0.05) is 23.0 Å². The molecule has 0 bridgehead atoms. The van der Waals surface area contributed by atoms with Crippen molar-refractivity contribution in [3.63, 3.8) is 0 Å². The van der Waals surface area contributed by atoms with Crippen LogP contribution in [0.25, 0.3) is 11.3 Å². The number of carbonyl (C=O) groups excluding carboxylic acids is 1. The zero-order valence-electron chi connectivity index (χ0n) is 9.77. The highest BCUT2D eigenvalue weighted by Gasteiger charge is 2.07. The molecule has 2 rings (SSSR count). The average molecular weight is 227 g/mol. The second-order valence-electron chi connectivity index (χ2n) is 3.85. The Kier molecular flexibility index (Phi) is 2.87. The normalized spacial score (nSPS) is 10.2. The molecule has 0 spiro atoms. The molecule has 0 radical (unpaired) electrons. The minimum atomic E-state index is 0.00196. The molecular weight excluding hydrogens is 214 g/mol. The third-order valence-corrected chi connectivity index (χ3v) is 2.51. The van der Waals surface area contributed by atoms with E-state index in [0.717, 1.165) is 11.3 Å². The number of Topliss-reactive ketones (excluding diaryl/α,β-unsaturated/α-hetero) is 1. The van der Waals surface area contributed by atoms with Crippen LogP contribution in [0.15, 0.2) is 30.5 Å². The van der Waals surface area contributed by atoms with Gasteiger partial charge < -0.3 is 5.73 Å². The van der Waals surface area contributed by atoms with Gasteiger partial charge >= 0.3 is 0 Å². The maximum absolute atomic E-state index is 11.2. The third kappa shape index (κ3) is 2.30. The molecule has 2 N–H and O–H groups in total. The predicted molar refractivity (Wildman–Crippen MR) is 66.6 cm³/mol. The van der Waals surface area contributed by atoms with E-state index >= 15 is 0 Å². The minimum Gasteiger partial charge on any atom is -0.398 e. The molecule has 1 aromatic heterocycles. The van der Waals surface area contributed by atoms with E-state index in [9.17, 15) is 4.79 Å². The quantitative estimate of drug-likeness (QED) is 0.631. The van der Waals surface area contributed by atoms with E-state index in [1.165, 1.54) is 6.92 Å². The van der Waals surface area contributed by atoms with Gasteiger partial charge in [-0.1, -0.05) is 12.1 Å². The summed E-state index contributed by atoms with van der Waals surface area (Å²) in [6, 6.07) is 7.04. The lowest BCUT2D eigenvalue weighted by Crippen LogP contribution is -1.98. The van der Waals surface area contributed by atoms with E-state index in [1.807, 2.05) is 13.0 Å². The number of nitrogens with zero attached hydrogens (tertiary/aromatic N) is 2. The highest BCUT2D eigenvalue weighted by molar-refractivity contribution is 5.96. The molecule has 4 heteroatoms. The Morgan fingerprint density at radius 3 is 2.65 bits per heavy atom. The summed E-state index contributed by atoms with van der Waals surface area (Å²) < 4.78 is 0. The van der Waals surface area contributed by atoms with Gasteiger partial charge in [-0.05, 0) is 26.0 Å². The molecule has 0 saturated heterocycles. The first kappa shape index (κ1) is 11.3. The van der Waals surface area contributed by atoms with E-state index in [0.29, 0.717) is 17.1 Å². The Hall–Kier alpha value is -2.23. The number of hydrogen-bond acceptors (Lipinski definition) is 4. The number of nitrogens with two attached hydrogens (primary N) is 1. The van der Waals surface area contributed by atoms with Crippen molar-refractivity contribution in [2.45, 2.75) is 13.8 Å². The Morgan fingerprint density at radius 2 is 2.06 bits per heavy atom. The molecular formula is C13H13N3O. The van der Waals surface area contributed by atoms with E-state index in [4.69, 9.17) is 5.73 Å². The van der Waals surface area contributed by atoms with Gasteiger partial charge in [-0.2, -0.15) is 0 Å². The average Bonchev–Trinajstić information content (AvgIpc) is 2.28. The van der Waals surface area contributed by atoms with E-state index in [1.54, 1.807) is 24.4 Å². The van der Waals surface area contributed by atoms with Crippen molar-refractivity contribution in [3.8, 4) is 11.3 Å². The van der Waals surface area contributed by atoms with Crippen LogP contribution in [-0.2, 0) is 0 Å². The summed E-state index contributed by atoms with van der Waals surface area (Å²) in [6.45, 7) is 3.34. The van der Waals surface area contributed by atoms with Crippen LogP contribution in [0.5, 0.6) is 0 Å². The van der Waals surface area contributed by atoms with E-state index in [-0.39, 0.29) is 5.78 Å². The van der Waals surface area contributed by atoms with Gasteiger partial charge in [0.25, 0.3) is 0 Å². The standard InChI is InChI=1S/C13H13N3O/c1-8(17)10-3-4-11(12(14)7-10)13-5-6-15-9(2)16-13/h3-7H,14H2,1-2H3. The minimum absolute atomic E-state index is 0.00196. The topological polar surface area (TPSA) is 68.9 Å². The molecule has 0 saturated carbocycles. The lowest BCUT2D eigenvalue weighted by atomic mass is 10.0. The van der Waals surface area contributed by atoms with Gasteiger partial charge in [-0.3, -0.25) is 4.79 Å². The Morgan fingerprint density at radius 1 is 1.29 bits per heavy atom. The number of rotatable bonds is 2. The van der Waals surface area contributed by atoms with Crippen molar-refractivity contribution in [2.75, 3.05) is 5.73 Å². The van der Waals surface area contributed by atoms with Crippen LogP contribution in [0.4, 0.5) is 5.69 Å². The third-order valence-electron chi connectivity index (χ3n) is 2.51. The lowest BCUT2D eigenvalue weighted by molar-refractivity contribution is 0.101. The zero-order chi connectivity index (χ0) is 12.4. The fourth-order valence-electron chi connectivity index (χ4n) is 1.62. The van der Waals surface area contributed by atoms with Crippen LogP contribution < -0.4 is 5.73 Å². The first-order valence-electron chi connectivity index (χ1n) is 5.28. The van der Waals surface area contributed by atoms with Crippen molar-refractivity contribution >= 4 is 11.5 Å². The summed E-state index contributed by atoms with van der Waals surface area (Å²) in [6.07, 6.45) is 1.69. The lowest BCUT2D eigenvalue weighted by Gasteiger charge is -2.06. The van der Waals surface area contributed by atoms with Gasteiger partial charge in [-0.25, -0.2) is 9.97 Å². The predicted octanol–water partition coefficient (Wildman–Crippen LogP) is 2.24. The molecule has 17 heavy (non-hydrogen) atoms. The van der Waals surface area contributed by atoms with Gasteiger partial charge in [0.2, 0.25) is 0 Å². The van der Waals surface area contributed by atoms with Crippen molar-refractivity contribution < 1.29 is 4.79 Å². The first-order chi connectivity index (χ1) is 8.08. The highest BCUT2D eigenvalue weighted by Crippen LogP contribution is 2.25. The molecule has 0 atom stereocenters. The number of nitrogen functional groups attached to an aromatic ring is 1. The molecule has 0 unspecified atom stereocenters. The van der Waals surface area contributed by atoms with Crippen molar-refractivity contribution in [1.29, 1.82) is 0 Å². The molecule has 2 aromatic rings. The molecule has 0 aliphatic carbocycles. The monoisotopic (exact) mass is 227 g/mol. The van der Waals surface area contributed by atoms with Crippen molar-refractivity contribution in [3.05, 3.63) is 41.9 Å². The molecule has 0 amide bonds. The fourth-order valence-corrected chi connectivity index (χ4v) is 1.62. The van der Waals surface area contributed by atoms with Crippen molar-refractivity contribution in [2.24, 2.45) is 0 Å². The maximum atomic E-state index is 11.2. The number of anilines is 1. The first-order valence-corrected chi connectivity index (χ1v) is 5.28. The molecule has 86 valence electrons. The summed E-state index contributed by atoms with van der Waals surface area (Å²) in [5, 5.41) is 0. The summed E-state index contributed by atoms with van der Waals surface area (Å²) in [5.74, 6) is 0.694. The Balaban J connectivity index is 2.50. The van der Waals surface area contributed by atoms with Crippen LogP contribution in [0, 0.1) is 6.92 Å². The Labute approximate surface area is 99.5 Å². The molecule has 0 aliphatic rings. The molecule has 1 aromatic carbocycles. The van der Waals surface area contributed by atoms with E-state index in [2.05, 4.69) is 9.97 Å². The van der Waals surface area contributed by atoms with Crippen LogP contribution in [0.1, 0.15) is 23.1 Å². The second-order valence-corrected chi connectivity index (χ2v) is 3.85.